The van der Waals surface area contributed by atoms with Gasteiger partial charge in [-0.2, -0.15) is 5.10 Å². The molecule has 1 amide bonds. The van der Waals surface area contributed by atoms with E-state index in [1.165, 1.54) is 0 Å². The lowest BCUT2D eigenvalue weighted by Crippen LogP contribution is -2.41. The van der Waals surface area contributed by atoms with Gasteiger partial charge in [0.25, 0.3) is 0 Å². The monoisotopic (exact) mass is 390 g/mol. The van der Waals surface area contributed by atoms with Crippen molar-refractivity contribution in [2.24, 2.45) is 5.92 Å². The van der Waals surface area contributed by atoms with Crippen LogP contribution in [0, 0.1) is 19.8 Å². The molecule has 0 saturated carbocycles. The molecular formula is C22H26N6O. The van der Waals surface area contributed by atoms with Crippen LogP contribution in [-0.4, -0.2) is 46.0 Å². The number of hydrogen-bond acceptors (Lipinski definition) is 5. The highest BCUT2D eigenvalue weighted by Gasteiger charge is 2.28. The van der Waals surface area contributed by atoms with Gasteiger partial charge in [0.1, 0.15) is 0 Å². The van der Waals surface area contributed by atoms with Crippen LogP contribution in [0.1, 0.15) is 24.2 Å². The molecule has 0 spiro atoms. The second-order valence-electron chi connectivity index (χ2n) is 7.58. The Balaban J connectivity index is 1.38. The van der Waals surface area contributed by atoms with E-state index < -0.39 is 0 Å². The molecule has 1 fully saturated rings. The number of anilines is 2. The van der Waals surface area contributed by atoms with E-state index >= 15 is 0 Å². The number of carbonyl (C=O) groups is 1. The summed E-state index contributed by atoms with van der Waals surface area (Å²) in [5, 5.41) is 13.2. The van der Waals surface area contributed by atoms with Crippen molar-refractivity contribution >= 4 is 17.4 Å². The molecule has 0 unspecified atom stereocenters. The van der Waals surface area contributed by atoms with Gasteiger partial charge in [-0.1, -0.05) is 18.2 Å². The topological polar surface area (TPSA) is 67.2 Å². The van der Waals surface area contributed by atoms with E-state index in [1.807, 2.05) is 69.4 Å². The first-order valence-electron chi connectivity index (χ1n) is 9.98. The van der Waals surface area contributed by atoms with Gasteiger partial charge >= 0.3 is 0 Å². The van der Waals surface area contributed by atoms with Crippen LogP contribution in [0.2, 0.25) is 0 Å². The van der Waals surface area contributed by atoms with Gasteiger partial charge in [-0.15, -0.1) is 10.2 Å². The lowest BCUT2D eigenvalue weighted by atomic mass is 9.95. The summed E-state index contributed by atoms with van der Waals surface area (Å²) in [6.45, 7) is 5.57. The molecule has 0 N–H and O–H groups in total. The number of carbonyl (C=O) groups excluding carboxylic acids is 1. The minimum Gasteiger partial charge on any atom is -0.355 e. The Morgan fingerprint density at radius 1 is 1.00 bits per heavy atom. The molecule has 1 aliphatic rings. The largest absolute Gasteiger partial charge is 0.355 e. The van der Waals surface area contributed by atoms with E-state index in [-0.39, 0.29) is 11.8 Å². The molecule has 3 aromatic rings. The number of benzene rings is 1. The highest BCUT2D eigenvalue weighted by Crippen LogP contribution is 2.25. The van der Waals surface area contributed by atoms with Crippen LogP contribution in [0.15, 0.2) is 48.5 Å². The maximum atomic E-state index is 12.8. The minimum atomic E-state index is 0.0402. The number of rotatable bonds is 4. The summed E-state index contributed by atoms with van der Waals surface area (Å²) in [4.78, 5) is 16.8. The van der Waals surface area contributed by atoms with Gasteiger partial charge in [0.2, 0.25) is 5.91 Å². The molecule has 3 heterocycles. The summed E-state index contributed by atoms with van der Waals surface area (Å²) >= 11 is 0. The van der Waals surface area contributed by atoms with Gasteiger partial charge < -0.3 is 9.80 Å². The average molecular weight is 390 g/mol. The second-order valence-corrected chi connectivity index (χ2v) is 7.58. The van der Waals surface area contributed by atoms with E-state index in [1.54, 1.807) is 9.58 Å². The van der Waals surface area contributed by atoms with E-state index in [0.717, 1.165) is 48.8 Å². The van der Waals surface area contributed by atoms with Crippen LogP contribution in [0.4, 0.5) is 11.5 Å². The summed E-state index contributed by atoms with van der Waals surface area (Å²) in [6, 6.07) is 15.7. The number of para-hydroxylation sites is 1. The molecule has 0 aliphatic carbocycles. The predicted octanol–water partition coefficient (Wildman–Crippen LogP) is 3.16. The smallest absolute Gasteiger partial charge is 0.229 e. The molecule has 29 heavy (non-hydrogen) atoms. The fourth-order valence-corrected chi connectivity index (χ4v) is 3.87. The molecule has 7 heteroatoms. The summed E-state index contributed by atoms with van der Waals surface area (Å²) in [5.41, 5.74) is 2.93. The molecule has 2 aromatic heterocycles. The van der Waals surface area contributed by atoms with Crippen LogP contribution >= 0.6 is 0 Å². The molecule has 4 rings (SSSR count). The van der Waals surface area contributed by atoms with E-state index in [2.05, 4.69) is 20.2 Å². The summed E-state index contributed by atoms with van der Waals surface area (Å²) < 4.78 is 1.80. The van der Waals surface area contributed by atoms with Crippen molar-refractivity contribution in [3.8, 4) is 5.82 Å². The zero-order valence-corrected chi connectivity index (χ0v) is 17.1. The number of aromatic nitrogens is 4. The lowest BCUT2D eigenvalue weighted by molar-refractivity contribution is -0.122. The average Bonchev–Trinajstić information content (AvgIpc) is 3.11. The summed E-state index contributed by atoms with van der Waals surface area (Å²) in [6.07, 6.45) is 1.63. The van der Waals surface area contributed by atoms with Crippen molar-refractivity contribution in [1.82, 2.24) is 20.0 Å². The summed E-state index contributed by atoms with van der Waals surface area (Å²) in [7, 11) is 1.85. The highest BCUT2D eigenvalue weighted by molar-refractivity contribution is 5.94. The van der Waals surface area contributed by atoms with Gasteiger partial charge in [-0.3, -0.25) is 4.79 Å². The van der Waals surface area contributed by atoms with Gasteiger partial charge in [0, 0.05) is 37.4 Å². The molecule has 1 aliphatic heterocycles. The van der Waals surface area contributed by atoms with Gasteiger partial charge in [0.15, 0.2) is 11.6 Å². The Morgan fingerprint density at radius 2 is 1.66 bits per heavy atom. The van der Waals surface area contributed by atoms with Crippen molar-refractivity contribution < 1.29 is 4.79 Å². The number of piperidine rings is 1. The first kappa shape index (κ1) is 19.1. The predicted molar refractivity (Wildman–Crippen MR) is 113 cm³/mol. The van der Waals surface area contributed by atoms with E-state index in [4.69, 9.17) is 0 Å². The van der Waals surface area contributed by atoms with E-state index in [9.17, 15) is 4.79 Å². The van der Waals surface area contributed by atoms with Crippen LogP contribution in [0.3, 0.4) is 0 Å². The Kier molecular flexibility index (Phi) is 5.29. The molecular weight excluding hydrogens is 364 g/mol. The Morgan fingerprint density at radius 3 is 2.24 bits per heavy atom. The van der Waals surface area contributed by atoms with Gasteiger partial charge in [0.05, 0.1) is 5.69 Å². The highest BCUT2D eigenvalue weighted by atomic mass is 16.2. The fourth-order valence-electron chi connectivity index (χ4n) is 3.87. The zero-order chi connectivity index (χ0) is 20.4. The standard InChI is InChI=1S/C22H26N6O/c1-16-15-17(2)28(25-16)21-10-9-20(23-24-21)27-13-11-18(12-14-27)22(29)26(3)19-7-5-4-6-8-19/h4-10,15,18H,11-14H2,1-3H3. The Labute approximate surface area is 171 Å². The second kappa shape index (κ2) is 8.03. The van der Waals surface area contributed by atoms with Crippen LogP contribution < -0.4 is 9.80 Å². The van der Waals surface area contributed by atoms with Crippen molar-refractivity contribution in [2.45, 2.75) is 26.7 Å². The number of nitrogens with zero attached hydrogens (tertiary/aromatic N) is 6. The molecule has 150 valence electrons. The number of hydrogen-bond donors (Lipinski definition) is 0. The molecule has 1 aromatic carbocycles. The third-order valence-electron chi connectivity index (χ3n) is 5.51. The normalized spacial score (nSPS) is 14.8. The molecule has 1 saturated heterocycles. The van der Waals surface area contributed by atoms with Crippen molar-refractivity contribution in [3.05, 3.63) is 59.9 Å². The third kappa shape index (κ3) is 3.99. The Hall–Kier alpha value is -3.22. The van der Waals surface area contributed by atoms with Crippen LogP contribution in [0.25, 0.3) is 5.82 Å². The van der Waals surface area contributed by atoms with Crippen molar-refractivity contribution in [2.75, 3.05) is 29.9 Å². The minimum absolute atomic E-state index is 0.0402. The maximum absolute atomic E-state index is 12.8. The van der Waals surface area contributed by atoms with Crippen molar-refractivity contribution in [1.29, 1.82) is 0 Å². The zero-order valence-electron chi connectivity index (χ0n) is 17.1. The number of amides is 1. The molecule has 0 radical (unpaired) electrons. The van der Waals surface area contributed by atoms with Gasteiger partial charge in [-0.05, 0) is 57.0 Å². The van der Waals surface area contributed by atoms with Crippen molar-refractivity contribution in [3.63, 3.8) is 0 Å². The summed E-state index contributed by atoms with van der Waals surface area (Å²) in [5.74, 6) is 1.78. The first-order chi connectivity index (χ1) is 14.0. The molecule has 0 bridgehead atoms. The Bertz CT molecular complexity index is 974. The first-order valence-corrected chi connectivity index (χ1v) is 9.98. The number of aryl methyl sites for hydroxylation is 2. The van der Waals surface area contributed by atoms with E-state index in [0.29, 0.717) is 5.82 Å². The quantitative estimate of drug-likeness (QED) is 0.685. The lowest BCUT2D eigenvalue weighted by Gasteiger charge is -2.33. The van der Waals surface area contributed by atoms with Gasteiger partial charge in [-0.25, -0.2) is 4.68 Å². The van der Waals surface area contributed by atoms with Crippen LogP contribution in [-0.2, 0) is 4.79 Å². The maximum Gasteiger partial charge on any atom is 0.229 e. The molecule has 0 atom stereocenters. The molecule has 7 nitrogen and oxygen atoms in total. The van der Waals surface area contributed by atoms with Crippen LogP contribution in [0.5, 0.6) is 0 Å². The third-order valence-corrected chi connectivity index (χ3v) is 5.51. The SMILES string of the molecule is Cc1cc(C)n(-c2ccc(N3CCC(C(=O)N(C)c4ccccc4)CC3)nn2)n1. The fraction of sp³-hybridized carbons (Fsp3) is 0.364.